The zero-order valence-corrected chi connectivity index (χ0v) is 18.6. The molecule has 1 aromatic carbocycles. The third kappa shape index (κ3) is 3.43. The number of urea groups is 1. The Bertz CT molecular complexity index is 1310. The SMILES string of the molecule is O=C1CN(c2cccc(C(F)(F)F)c2)C(=O)N1C12CCC(Oc3ncnc4[nH]ccc34)(CC1)CC2. The molecule has 4 fully saturated rings. The van der Waals surface area contributed by atoms with Gasteiger partial charge in [-0.05, 0) is 62.8 Å². The van der Waals surface area contributed by atoms with Crippen molar-refractivity contribution in [1.29, 1.82) is 0 Å². The van der Waals surface area contributed by atoms with Crippen LogP contribution >= 0.6 is 0 Å². The van der Waals surface area contributed by atoms with Crippen molar-refractivity contribution >= 4 is 28.7 Å². The van der Waals surface area contributed by atoms with Crippen molar-refractivity contribution in [3.63, 3.8) is 0 Å². The summed E-state index contributed by atoms with van der Waals surface area (Å²) in [6.45, 7) is -0.268. The molecule has 0 atom stereocenters. The van der Waals surface area contributed by atoms with Crippen molar-refractivity contribution in [1.82, 2.24) is 19.9 Å². The van der Waals surface area contributed by atoms with Gasteiger partial charge in [-0.15, -0.1) is 0 Å². The molecule has 1 saturated heterocycles. The lowest BCUT2D eigenvalue weighted by Crippen LogP contribution is -2.62. The lowest BCUT2D eigenvalue weighted by Gasteiger charge is -2.55. The summed E-state index contributed by atoms with van der Waals surface area (Å²) in [5, 5.41) is 0.797. The van der Waals surface area contributed by atoms with E-state index in [0.29, 0.717) is 50.1 Å². The van der Waals surface area contributed by atoms with Crippen LogP contribution in [0, 0.1) is 0 Å². The van der Waals surface area contributed by atoms with Crippen molar-refractivity contribution in [2.24, 2.45) is 0 Å². The monoisotopic (exact) mass is 485 g/mol. The van der Waals surface area contributed by atoms with Crippen LogP contribution in [-0.4, -0.2) is 49.5 Å². The molecular weight excluding hydrogens is 463 g/mol. The highest BCUT2D eigenvalue weighted by atomic mass is 19.4. The van der Waals surface area contributed by atoms with E-state index in [-0.39, 0.29) is 18.1 Å². The molecule has 4 aliphatic rings. The summed E-state index contributed by atoms with van der Waals surface area (Å²) in [6, 6.07) is 5.83. The van der Waals surface area contributed by atoms with E-state index >= 15 is 0 Å². The summed E-state index contributed by atoms with van der Waals surface area (Å²) in [7, 11) is 0. The molecule has 3 saturated carbocycles. The smallest absolute Gasteiger partial charge is 0.416 e. The Balaban J connectivity index is 1.22. The number of benzene rings is 1. The number of aromatic nitrogens is 3. The lowest BCUT2D eigenvalue weighted by atomic mass is 9.62. The molecule has 2 aromatic heterocycles. The minimum Gasteiger partial charge on any atom is -0.470 e. The molecule has 1 aliphatic heterocycles. The number of rotatable bonds is 4. The van der Waals surface area contributed by atoms with Crippen LogP contribution in [0.1, 0.15) is 44.1 Å². The molecular formula is C24H22F3N5O3. The van der Waals surface area contributed by atoms with Gasteiger partial charge < -0.3 is 9.72 Å². The second kappa shape index (κ2) is 7.43. The number of anilines is 1. The molecule has 2 bridgehead atoms. The molecule has 3 heterocycles. The van der Waals surface area contributed by atoms with Gasteiger partial charge in [0.2, 0.25) is 5.88 Å². The Kier molecular flexibility index (Phi) is 4.64. The van der Waals surface area contributed by atoms with E-state index in [1.807, 2.05) is 6.07 Å². The summed E-state index contributed by atoms with van der Waals surface area (Å²) in [5.41, 5.74) is -1.18. The van der Waals surface area contributed by atoms with Crippen LogP contribution < -0.4 is 9.64 Å². The molecule has 3 aliphatic carbocycles. The van der Waals surface area contributed by atoms with Crippen LogP contribution in [0.15, 0.2) is 42.9 Å². The molecule has 3 amide bonds. The summed E-state index contributed by atoms with van der Waals surface area (Å²) in [4.78, 5) is 40.3. The molecule has 3 aromatic rings. The molecule has 35 heavy (non-hydrogen) atoms. The van der Waals surface area contributed by atoms with E-state index in [0.717, 1.165) is 22.4 Å². The van der Waals surface area contributed by atoms with E-state index in [1.165, 1.54) is 23.4 Å². The van der Waals surface area contributed by atoms with Crippen LogP contribution in [0.5, 0.6) is 5.88 Å². The first-order valence-corrected chi connectivity index (χ1v) is 11.5. The largest absolute Gasteiger partial charge is 0.470 e. The second-order valence-electron chi connectivity index (χ2n) is 9.57. The normalized spacial score (nSPS) is 26.7. The third-order valence-electron chi connectivity index (χ3n) is 7.69. The lowest BCUT2D eigenvalue weighted by molar-refractivity contribution is -0.139. The van der Waals surface area contributed by atoms with E-state index in [2.05, 4.69) is 15.0 Å². The van der Waals surface area contributed by atoms with E-state index in [9.17, 15) is 22.8 Å². The number of aromatic amines is 1. The van der Waals surface area contributed by atoms with Crippen LogP contribution in [0.2, 0.25) is 0 Å². The number of nitrogens with one attached hydrogen (secondary N) is 1. The average molecular weight is 485 g/mol. The highest BCUT2D eigenvalue weighted by Crippen LogP contribution is 2.53. The zero-order chi connectivity index (χ0) is 24.4. The number of ether oxygens (including phenoxy) is 1. The highest BCUT2D eigenvalue weighted by Gasteiger charge is 2.58. The van der Waals surface area contributed by atoms with Crippen molar-refractivity contribution in [2.45, 2.75) is 55.8 Å². The predicted molar refractivity (Wildman–Crippen MR) is 119 cm³/mol. The highest BCUT2D eigenvalue weighted by molar-refractivity contribution is 6.12. The van der Waals surface area contributed by atoms with Crippen LogP contribution in [0.3, 0.4) is 0 Å². The average Bonchev–Trinajstić information content (AvgIpc) is 3.45. The maximum atomic E-state index is 13.3. The molecule has 7 rings (SSSR count). The van der Waals surface area contributed by atoms with Crippen molar-refractivity contribution < 1.29 is 27.5 Å². The van der Waals surface area contributed by atoms with Crippen molar-refractivity contribution in [3.05, 3.63) is 48.4 Å². The van der Waals surface area contributed by atoms with Gasteiger partial charge in [0.05, 0.1) is 16.5 Å². The number of hydrogen-bond acceptors (Lipinski definition) is 5. The van der Waals surface area contributed by atoms with Gasteiger partial charge >= 0.3 is 12.2 Å². The van der Waals surface area contributed by atoms with E-state index in [1.54, 1.807) is 6.20 Å². The molecule has 182 valence electrons. The number of carbonyl (C=O) groups excluding carboxylic acids is 2. The molecule has 11 heteroatoms. The predicted octanol–water partition coefficient (Wildman–Crippen LogP) is 4.67. The molecule has 0 unspecified atom stereocenters. The fourth-order valence-electron chi connectivity index (χ4n) is 5.78. The van der Waals surface area contributed by atoms with Crippen LogP contribution in [0.25, 0.3) is 11.0 Å². The van der Waals surface area contributed by atoms with Gasteiger partial charge in [0, 0.05) is 11.9 Å². The van der Waals surface area contributed by atoms with E-state index < -0.39 is 28.9 Å². The number of H-pyrrole nitrogens is 1. The van der Waals surface area contributed by atoms with Gasteiger partial charge in [-0.3, -0.25) is 14.6 Å². The first kappa shape index (κ1) is 21.9. The topological polar surface area (TPSA) is 91.4 Å². The number of fused-ring (bicyclic) bond motifs is 4. The summed E-state index contributed by atoms with van der Waals surface area (Å²) in [6.07, 6.45) is 2.33. The number of alkyl halides is 3. The van der Waals surface area contributed by atoms with Crippen molar-refractivity contribution in [2.75, 3.05) is 11.4 Å². The Morgan fingerprint density at radius 1 is 1.00 bits per heavy atom. The minimum absolute atomic E-state index is 0.0701. The van der Waals surface area contributed by atoms with Gasteiger partial charge in [-0.25, -0.2) is 14.8 Å². The Morgan fingerprint density at radius 3 is 2.46 bits per heavy atom. The Hall–Kier alpha value is -3.63. The van der Waals surface area contributed by atoms with Gasteiger partial charge in [-0.2, -0.15) is 13.2 Å². The van der Waals surface area contributed by atoms with Gasteiger partial charge in [-0.1, -0.05) is 6.07 Å². The maximum absolute atomic E-state index is 13.3. The van der Waals surface area contributed by atoms with Gasteiger partial charge in [0.25, 0.3) is 5.91 Å². The molecule has 1 N–H and O–H groups in total. The zero-order valence-electron chi connectivity index (χ0n) is 18.6. The maximum Gasteiger partial charge on any atom is 0.416 e. The van der Waals surface area contributed by atoms with Crippen LogP contribution in [0.4, 0.5) is 23.7 Å². The minimum atomic E-state index is -4.53. The standard InChI is InChI=1S/C24H22F3N5O3/c25-24(26,27)15-2-1-3-16(12-15)31-13-18(33)32(21(31)34)22-5-8-23(9-6-22,10-7-22)35-20-17-4-11-28-19(17)29-14-30-20/h1-4,11-12,14H,5-10,13H2,(H,28,29,30). The Morgan fingerprint density at radius 2 is 1.74 bits per heavy atom. The Labute approximate surface area is 198 Å². The second-order valence-corrected chi connectivity index (χ2v) is 9.57. The summed E-state index contributed by atoms with van der Waals surface area (Å²) >= 11 is 0. The van der Waals surface area contributed by atoms with Gasteiger partial charge in [0.1, 0.15) is 24.1 Å². The quantitative estimate of drug-likeness (QED) is 0.543. The molecule has 0 radical (unpaired) electrons. The number of carbonyl (C=O) groups is 2. The van der Waals surface area contributed by atoms with Crippen molar-refractivity contribution in [3.8, 4) is 5.88 Å². The van der Waals surface area contributed by atoms with E-state index in [4.69, 9.17) is 4.74 Å². The number of hydrogen-bond donors (Lipinski definition) is 1. The van der Waals surface area contributed by atoms with Gasteiger partial charge in [0.15, 0.2) is 0 Å². The fourth-order valence-corrected chi connectivity index (χ4v) is 5.78. The molecule has 0 spiro atoms. The third-order valence-corrected chi connectivity index (χ3v) is 7.69. The summed E-state index contributed by atoms with van der Waals surface area (Å²) in [5.74, 6) is 0.127. The van der Waals surface area contributed by atoms with Crippen LogP contribution in [-0.2, 0) is 11.0 Å². The number of imide groups is 1. The fraction of sp³-hybridized carbons (Fsp3) is 0.417. The summed E-state index contributed by atoms with van der Waals surface area (Å²) < 4.78 is 45.9. The first-order valence-electron chi connectivity index (χ1n) is 11.5. The molecule has 8 nitrogen and oxygen atoms in total. The number of halogens is 3. The first-order chi connectivity index (χ1) is 16.7. The number of nitrogens with zero attached hydrogens (tertiary/aromatic N) is 4. The number of amides is 3.